The highest BCUT2D eigenvalue weighted by Gasteiger charge is 2.31. The molecular formula is C17H23NO3. The minimum atomic E-state index is -0.466. The third-order valence-electron chi connectivity index (χ3n) is 4.44. The van der Waals surface area contributed by atoms with Crippen molar-refractivity contribution < 1.29 is 14.3 Å². The van der Waals surface area contributed by atoms with Gasteiger partial charge in [-0.25, -0.2) is 0 Å². The van der Waals surface area contributed by atoms with Crippen molar-refractivity contribution in [3.05, 3.63) is 35.9 Å². The largest absolute Gasteiger partial charge is 0.376 e. The Labute approximate surface area is 125 Å². The Hall–Kier alpha value is -1.39. The molecule has 1 N–H and O–H groups in total. The summed E-state index contributed by atoms with van der Waals surface area (Å²) in [7, 11) is 0. The van der Waals surface area contributed by atoms with E-state index in [0.717, 1.165) is 0 Å². The van der Waals surface area contributed by atoms with Crippen LogP contribution in [-0.4, -0.2) is 31.8 Å². The number of ether oxygens (including phenoxy) is 2. The van der Waals surface area contributed by atoms with E-state index in [1.54, 1.807) is 0 Å². The van der Waals surface area contributed by atoms with Gasteiger partial charge in [0.05, 0.1) is 25.9 Å². The fraction of sp³-hybridized carbons (Fsp3) is 0.588. The monoisotopic (exact) mass is 289 g/mol. The summed E-state index contributed by atoms with van der Waals surface area (Å²) in [5.74, 6) is 0.483. The molecule has 1 aromatic carbocycles. The van der Waals surface area contributed by atoms with Gasteiger partial charge in [-0.15, -0.1) is 0 Å². The summed E-state index contributed by atoms with van der Waals surface area (Å²) < 4.78 is 10.8. The number of carbonyl (C=O) groups is 1. The van der Waals surface area contributed by atoms with Gasteiger partial charge in [0.25, 0.3) is 5.91 Å². The maximum Gasteiger partial charge on any atom is 0.252 e. The molecule has 2 fully saturated rings. The average molecular weight is 289 g/mol. The second-order valence-corrected chi connectivity index (χ2v) is 5.88. The van der Waals surface area contributed by atoms with Gasteiger partial charge >= 0.3 is 0 Å². The molecule has 4 heteroatoms. The fourth-order valence-electron chi connectivity index (χ4n) is 3.31. The van der Waals surface area contributed by atoms with E-state index in [1.165, 1.54) is 31.2 Å². The second kappa shape index (κ2) is 7.05. The molecule has 4 nitrogen and oxygen atoms in total. The van der Waals surface area contributed by atoms with E-state index >= 15 is 0 Å². The van der Waals surface area contributed by atoms with Gasteiger partial charge in [-0.05, 0) is 24.3 Å². The molecule has 1 aromatic rings. The van der Waals surface area contributed by atoms with Crippen LogP contribution in [0.2, 0.25) is 0 Å². The molecule has 1 heterocycles. The molecule has 2 atom stereocenters. The average Bonchev–Trinajstić information content (AvgIpc) is 3.08. The third-order valence-corrected chi connectivity index (χ3v) is 4.44. The number of nitrogens with one attached hydrogen (secondary N) is 1. The Morgan fingerprint density at radius 2 is 1.90 bits per heavy atom. The van der Waals surface area contributed by atoms with Crippen LogP contribution in [0.25, 0.3) is 0 Å². The molecule has 0 aromatic heterocycles. The van der Waals surface area contributed by atoms with E-state index in [9.17, 15) is 4.79 Å². The van der Waals surface area contributed by atoms with Gasteiger partial charge in [0, 0.05) is 0 Å². The van der Waals surface area contributed by atoms with Crippen LogP contribution in [0, 0.1) is 5.92 Å². The molecule has 0 unspecified atom stereocenters. The number of benzene rings is 1. The number of hydrogen-bond donors (Lipinski definition) is 1. The van der Waals surface area contributed by atoms with Crippen LogP contribution < -0.4 is 5.32 Å². The van der Waals surface area contributed by atoms with Gasteiger partial charge in [-0.2, -0.15) is 0 Å². The van der Waals surface area contributed by atoms with Crippen LogP contribution >= 0.6 is 0 Å². The molecule has 1 saturated heterocycles. The van der Waals surface area contributed by atoms with E-state index < -0.39 is 6.10 Å². The van der Waals surface area contributed by atoms with Crippen molar-refractivity contribution in [1.82, 2.24) is 5.32 Å². The summed E-state index contributed by atoms with van der Waals surface area (Å²) in [5, 5.41) is 3.20. The number of rotatable bonds is 4. The Kier molecular flexibility index (Phi) is 4.88. The Bertz CT molecular complexity index is 450. The predicted molar refractivity (Wildman–Crippen MR) is 79.8 cm³/mol. The number of amides is 1. The van der Waals surface area contributed by atoms with Crippen LogP contribution in [0.4, 0.5) is 0 Å². The molecule has 1 amide bonds. The highest BCUT2D eigenvalue weighted by molar-refractivity contribution is 5.81. The van der Waals surface area contributed by atoms with Crippen molar-refractivity contribution in [2.24, 2.45) is 5.92 Å². The highest BCUT2D eigenvalue weighted by Crippen LogP contribution is 2.35. The maximum atomic E-state index is 12.4. The van der Waals surface area contributed by atoms with E-state index in [-0.39, 0.29) is 11.9 Å². The Balaban J connectivity index is 1.71. The highest BCUT2D eigenvalue weighted by atomic mass is 16.6. The van der Waals surface area contributed by atoms with Crippen LogP contribution in [-0.2, 0) is 14.3 Å². The smallest absolute Gasteiger partial charge is 0.252 e. The summed E-state index contributed by atoms with van der Waals surface area (Å²) in [6, 6.07) is 10.4. The SMILES string of the molecule is O=C(N[C@H](c1ccccc1)C1CCCC1)[C@@H]1COCCO1. The van der Waals surface area contributed by atoms with E-state index in [2.05, 4.69) is 17.4 Å². The molecule has 1 aliphatic heterocycles. The zero-order chi connectivity index (χ0) is 14.5. The van der Waals surface area contributed by atoms with E-state index in [1.807, 2.05) is 18.2 Å². The first-order valence-electron chi connectivity index (χ1n) is 7.89. The quantitative estimate of drug-likeness (QED) is 0.926. The Morgan fingerprint density at radius 1 is 1.14 bits per heavy atom. The topological polar surface area (TPSA) is 47.6 Å². The zero-order valence-electron chi connectivity index (χ0n) is 12.3. The van der Waals surface area contributed by atoms with Crippen LogP contribution in [0.3, 0.4) is 0 Å². The summed E-state index contributed by atoms with van der Waals surface area (Å²) in [6.45, 7) is 1.43. The zero-order valence-corrected chi connectivity index (χ0v) is 12.3. The van der Waals surface area contributed by atoms with Crippen molar-refractivity contribution in [3.8, 4) is 0 Å². The summed E-state index contributed by atoms with van der Waals surface area (Å²) in [6.07, 6.45) is 4.41. The molecule has 21 heavy (non-hydrogen) atoms. The van der Waals surface area contributed by atoms with Crippen molar-refractivity contribution >= 4 is 5.91 Å². The van der Waals surface area contributed by atoms with Gasteiger partial charge in [0.2, 0.25) is 0 Å². The maximum absolute atomic E-state index is 12.4. The molecule has 0 radical (unpaired) electrons. The van der Waals surface area contributed by atoms with Crippen LogP contribution in [0.1, 0.15) is 37.3 Å². The first kappa shape index (κ1) is 14.5. The predicted octanol–water partition coefficient (Wildman–Crippen LogP) is 2.45. The number of carbonyl (C=O) groups excluding carboxylic acids is 1. The summed E-state index contributed by atoms with van der Waals surface area (Å²) in [5.41, 5.74) is 1.19. The van der Waals surface area contributed by atoms with E-state index in [0.29, 0.717) is 25.7 Å². The molecular weight excluding hydrogens is 266 g/mol. The van der Waals surface area contributed by atoms with Gasteiger partial charge < -0.3 is 14.8 Å². The van der Waals surface area contributed by atoms with Crippen molar-refractivity contribution in [2.45, 2.75) is 37.8 Å². The third kappa shape index (κ3) is 3.63. The van der Waals surface area contributed by atoms with Gasteiger partial charge in [0.1, 0.15) is 0 Å². The lowest BCUT2D eigenvalue weighted by Gasteiger charge is -2.29. The number of hydrogen-bond acceptors (Lipinski definition) is 3. The lowest BCUT2D eigenvalue weighted by atomic mass is 9.91. The van der Waals surface area contributed by atoms with Crippen molar-refractivity contribution in [3.63, 3.8) is 0 Å². The molecule has 0 spiro atoms. The Morgan fingerprint density at radius 3 is 2.57 bits per heavy atom. The van der Waals surface area contributed by atoms with Gasteiger partial charge in [-0.1, -0.05) is 43.2 Å². The molecule has 2 aliphatic rings. The van der Waals surface area contributed by atoms with Gasteiger partial charge in [-0.3, -0.25) is 4.79 Å². The molecule has 1 aliphatic carbocycles. The molecule has 1 saturated carbocycles. The minimum absolute atomic E-state index is 0.0459. The summed E-state index contributed by atoms with van der Waals surface area (Å²) >= 11 is 0. The lowest BCUT2D eigenvalue weighted by molar-refractivity contribution is -0.148. The molecule has 3 rings (SSSR count). The fourth-order valence-corrected chi connectivity index (χ4v) is 3.31. The van der Waals surface area contributed by atoms with Crippen molar-refractivity contribution in [2.75, 3.05) is 19.8 Å². The standard InChI is InChI=1S/C17H23NO3/c19-17(15-12-20-10-11-21-15)18-16(14-8-4-5-9-14)13-6-2-1-3-7-13/h1-3,6-7,14-16H,4-5,8-12H2,(H,18,19)/t15-,16+/m0/s1. The van der Waals surface area contributed by atoms with Crippen LogP contribution in [0.15, 0.2) is 30.3 Å². The van der Waals surface area contributed by atoms with Crippen LogP contribution in [0.5, 0.6) is 0 Å². The molecule has 114 valence electrons. The van der Waals surface area contributed by atoms with Crippen molar-refractivity contribution in [1.29, 1.82) is 0 Å². The first-order chi connectivity index (χ1) is 10.3. The minimum Gasteiger partial charge on any atom is -0.376 e. The second-order valence-electron chi connectivity index (χ2n) is 5.88. The summed E-state index contributed by atoms with van der Waals surface area (Å²) in [4.78, 5) is 12.4. The van der Waals surface area contributed by atoms with E-state index in [4.69, 9.17) is 9.47 Å². The first-order valence-corrected chi connectivity index (χ1v) is 7.89. The lowest BCUT2D eigenvalue weighted by Crippen LogP contribution is -2.45. The normalized spacial score (nSPS) is 24.7. The molecule has 0 bridgehead atoms. The van der Waals surface area contributed by atoms with Gasteiger partial charge in [0.15, 0.2) is 6.10 Å².